The molecule has 0 spiro atoms. The zero-order valence-corrected chi connectivity index (χ0v) is 10.5. The Hall–Kier alpha value is -0.830. The van der Waals surface area contributed by atoms with Gasteiger partial charge in [0.25, 0.3) is 0 Å². The first-order valence-electron chi connectivity index (χ1n) is 4.80. The Kier molecular flexibility index (Phi) is 4.82. The van der Waals surface area contributed by atoms with Gasteiger partial charge >= 0.3 is 0 Å². The Morgan fingerprint density at radius 2 is 2.27 bits per heavy atom. The summed E-state index contributed by atoms with van der Waals surface area (Å²) in [6.45, 7) is 2.08. The Labute approximate surface area is 98.1 Å². The van der Waals surface area contributed by atoms with Gasteiger partial charge in [-0.3, -0.25) is 0 Å². The molecule has 1 aromatic rings. The SMILES string of the molecule is CCC(=Cc1ccc(OC)c(F)c1)CBr. The van der Waals surface area contributed by atoms with Crippen molar-refractivity contribution in [3.63, 3.8) is 0 Å². The van der Waals surface area contributed by atoms with Crippen molar-refractivity contribution in [2.45, 2.75) is 13.3 Å². The van der Waals surface area contributed by atoms with E-state index in [2.05, 4.69) is 22.9 Å². The molecule has 0 atom stereocenters. The van der Waals surface area contributed by atoms with Gasteiger partial charge < -0.3 is 4.74 Å². The number of ether oxygens (including phenoxy) is 1. The van der Waals surface area contributed by atoms with E-state index in [4.69, 9.17) is 4.74 Å². The molecule has 0 aliphatic rings. The number of methoxy groups -OCH3 is 1. The molecule has 1 nitrogen and oxygen atoms in total. The largest absolute Gasteiger partial charge is 0.494 e. The summed E-state index contributed by atoms with van der Waals surface area (Å²) in [5, 5.41) is 0.817. The number of halogens is 2. The maximum atomic E-state index is 13.3. The molecule has 0 aliphatic heterocycles. The first kappa shape index (κ1) is 12.2. The molecule has 0 heterocycles. The van der Waals surface area contributed by atoms with Crippen molar-refractivity contribution in [3.05, 3.63) is 35.2 Å². The van der Waals surface area contributed by atoms with Crippen LogP contribution in [-0.4, -0.2) is 12.4 Å². The van der Waals surface area contributed by atoms with E-state index in [-0.39, 0.29) is 11.6 Å². The molecule has 3 heteroatoms. The van der Waals surface area contributed by atoms with E-state index in [1.807, 2.05) is 12.1 Å². The van der Waals surface area contributed by atoms with E-state index in [1.54, 1.807) is 6.07 Å². The van der Waals surface area contributed by atoms with Crippen molar-refractivity contribution in [2.75, 3.05) is 12.4 Å². The van der Waals surface area contributed by atoms with Gasteiger partial charge in [0.2, 0.25) is 0 Å². The highest BCUT2D eigenvalue weighted by atomic mass is 79.9. The highest BCUT2D eigenvalue weighted by Crippen LogP contribution is 2.20. The average molecular weight is 273 g/mol. The molecule has 0 amide bonds. The van der Waals surface area contributed by atoms with Gasteiger partial charge in [-0.05, 0) is 24.1 Å². The molecule has 0 radical (unpaired) electrons. The van der Waals surface area contributed by atoms with Crippen LogP contribution < -0.4 is 4.74 Å². The summed E-state index contributed by atoms with van der Waals surface area (Å²) in [5.74, 6) is -0.0414. The molecule has 0 saturated heterocycles. The van der Waals surface area contributed by atoms with Gasteiger partial charge in [-0.2, -0.15) is 0 Å². The summed E-state index contributed by atoms with van der Waals surface area (Å²) < 4.78 is 18.2. The summed E-state index contributed by atoms with van der Waals surface area (Å²) >= 11 is 3.39. The van der Waals surface area contributed by atoms with Crippen LogP contribution in [0.4, 0.5) is 4.39 Å². The lowest BCUT2D eigenvalue weighted by Crippen LogP contribution is -1.89. The van der Waals surface area contributed by atoms with Gasteiger partial charge in [-0.25, -0.2) is 4.39 Å². The number of benzene rings is 1. The first-order chi connectivity index (χ1) is 7.21. The molecule has 0 N–H and O–H groups in total. The van der Waals surface area contributed by atoms with Crippen LogP contribution in [0.5, 0.6) is 5.75 Å². The zero-order valence-electron chi connectivity index (χ0n) is 8.89. The van der Waals surface area contributed by atoms with Gasteiger partial charge in [0.15, 0.2) is 11.6 Å². The predicted molar refractivity (Wildman–Crippen MR) is 65.0 cm³/mol. The molecule has 0 aliphatic carbocycles. The van der Waals surface area contributed by atoms with Crippen molar-refractivity contribution in [3.8, 4) is 5.75 Å². The third-order valence-electron chi connectivity index (χ3n) is 2.17. The predicted octanol–water partition coefficient (Wildman–Crippen LogP) is 4.02. The van der Waals surface area contributed by atoms with E-state index in [9.17, 15) is 4.39 Å². The van der Waals surface area contributed by atoms with Crippen LogP contribution in [0.25, 0.3) is 6.08 Å². The molecular weight excluding hydrogens is 259 g/mol. The second-order valence-electron chi connectivity index (χ2n) is 3.18. The molecule has 0 fully saturated rings. The van der Waals surface area contributed by atoms with Gasteiger partial charge in [-0.15, -0.1) is 0 Å². The minimum absolute atomic E-state index is 0.282. The number of hydrogen-bond donors (Lipinski definition) is 0. The van der Waals surface area contributed by atoms with Crippen molar-refractivity contribution < 1.29 is 9.13 Å². The number of allylic oxidation sites excluding steroid dienone is 1. The molecule has 0 saturated carbocycles. The standard InChI is InChI=1S/C12H14BrFO/c1-3-9(8-13)6-10-4-5-12(15-2)11(14)7-10/h4-7H,3,8H2,1-2H3. The number of hydrogen-bond acceptors (Lipinski definition) is 1. The Balaban J connectivity index is 2.97. The Bertz CT molecular complexity index is 355. The van der Waals surface area contributed by atoms with Gasteiger partial charge in [0.1, 0.15) is 0 Å². The Morgan fingerprint density at radius 3 is 2.73 bits per heavy atom. The lowest BCUT2D eigenvalue weighted by molar-refractivity contribution is 0.386. The molecule has 82 valence electrons. The lowest BCUT2D eigenvalue weighted by Gasteiger charge is -2.03. The van der Waals surface area contributed by atoms with Crippen molar-refractivity contribution in [1.82, 2.24) is 0 Å². The second kappa shape index (κ2) is 5.91. The minimum atomic E-state index is -0.323. The molecule has 1 rings (SSSR count). The van der Waals surface area contributed by atoms with E-state index < -0.39 is 0 Å². The van der Waals surface area contributed by atoms with E-state index >= 15 is 0 Å². The van der Waals surface area contributed by atoms with E-state index in [0.717, 1.165) is 17.3 Å². The number of rotatable bonds is 4. The summed E-state index contributed by atoms with van der Waals surface area (Å²) in [4.78, 5) is 0. The summed E-state index contributed by atoms with van der Waals surface area (Å²) in [5.41, 5.74) is 2.10. The van der Waals surface area contributed by atoms with Gasteiger partial charge in [-0.1, -0.05) is 40.6 Å². The maximum Gasteiger partial charge on any atom is 0.165 e. The monoisotopic (exact) mass is 272 g/mol. The van der Waals surface area contributed by atoms with Gasteiger partial charge in [0, 0.05) is 5.33 Å². The fourth-order valence-corrected chi connectivity index (χ4v) is 1.80. The third-order valence-corrected chi connectivity index (χ3v) is 2.89. The van der Waals surface area contributed by atoms with Crippen molar-refractivity contribution in [2.24, 2.45) is 0 Å². The molecule has 0 bridgehead atoms. The fourth-order valence-electron chi connectivity index (χ4n) is 1.24. The lowest BCUT2D eigenvalue weighted by atomic mass is 10.1. The summed E-state index contributed by atoms with van der Waals surface area (Å²) in [7, 11) is 1.46. The van der Waals surface area contributed by atoms with Crippen molar-refractivity contribution in [1.29, 1.82) is 0 Å². The van der Waals surface area contributed by atoms with E-state index in [1.165, 1.54) is 18.7 Å². The van der Waals surface area contributed by atoms with Crippen LogP contribution in [0.3, 0.4) is 0 Å². The molecule has 15 heavy (non-hydrogen) atoms. The maximum absolute atomic E-state index is 13.3. The Morgan fingerprint density at radius 1 is 1.53 bits per heavy atom. The van der Waals surface area contributed by atoms with Crippen LogP contribution in [-0.2, 0) is 0 Å². The quantitative estimate of drug-likeness (QED) is 0.753. The normalized spacial score (nSPS) is 11.6. The second-order valence-corrected chi connectivity index (χ2v) is 3.74. The highest BCUT2D eigenvalue weighted by molar-refractivity contribution is 9.09. The summed E-state index contributed by atoms with van der Waals surface area (Å²) in [6.07, 6.45) is 2.94. The van der Waals surface area contributed by atoms with Crippen LogP contribution in [0, 0.1) is 5.82 Å². The van der Waals surface area contributed by atoms with Crippen LogP contribution >= 0.6 is 15.9 Å². The first-order valence-corrected chi connectivity index (χ1v) is 5.92. The van der Waals surface area contributed by atoms with Crippen molar-refractivity contribution >= 4 is 22.0 Å². The minimum Gasteiger partial charge on any atom is -0.494 e. The smallest absolute Gasteiger partial charge is 0.165 e. The fraction of sp³-hybridized carbons (Fsp3) is 0.333. The molecule has 0 unspecified atom stereocenters. The number of alkyl halides is 1. The molecule has 0 aromatic heterocycles. The van der Waals surface area contributed by atoms with Crippen LogP contribution in [0.15, 0.2) is 23.8 Å². The third kappa shape index (κ3) is 3.34. The van der Waals surface area contributed by atoms with Gasteiger partial charge in [0.05, 0.1) is 7.11 Å². The average Bonchev–Trinajstić information content (AvgIpc) is 2.26. The van der Waals surface area contributed by atoms with Crippen LogP contribution in [0.2, 0.25) is 0 Å². The zero-order chi connectivity index (χ0) is 11.3. The topological polar surface area (TPSA) is 9.23 Å². The molecular formula is C12H14BrFO. The molecule has 1 aromatic carbocycles. The van der Waals surface area contributed by atoms with Crippen LogP contribution in [0.1, 0.15) is 18.9 Å². The summed E-state index contributed by atoms with van der Waals surface area (Å²) in [6, 6.07) is 4.97. The van der Waals surface area contributed by atoms with E-state index in [0.29, 0.717) is 0 Å². The highest BCUT2D eigenvalue weighted by Gasteiger charge is 2.02.